The van der Waals surface area contributed by atoms with Gasteiger partial charge in [-0.2, -0.15) is 10.3 Å². The first kappa shape index (κ1) is 31.3. The fourth-order valence-corrected chi connectivity index (χ4v) is 5.60. The molecule has 2 heterocycles. The molecule has 3 aromatic carbocycles. The maximum absolute atomic E-state index is 12.8. The Morgan fingerprint density at radius 1 is 1.11 bits per heavy atom. The molecule has 1 fully saturated rings. The number of hydrogen-bond acceptors (Lipinski definition) is 6. The molecule has 2 amide bonds. The van der Waals surface area contributed by atoms with Crippen molar-refractivity contribution in [1.82, 2.24) is 20.1 Å². The molecule has 230 valence electrons. The summed E-state index contributed by atoms with van der Waals surface area (Å²) in [6.07, 6.45) is -1.03. The highest BCUT2D eigenvalue weighted by Gasteiger charge is 2.31. The molecule has 1 N–H and O–H groups in total. The van der Waals surface area contributed by atoms with E-state index in [0.29, 0.717) is 33.7 Å². The summed E-state index contributed by atoms with van der Waals surface area (Å²) in [5, 5.41) is 17.4. The number of ether oxygens (including phenoxy) is 1. The molecule has 5 rings (SSSR count). The minimum absolute atomic E-state index is 0.230. The van der Waals surface area contributed by atoms with Gasteiger partial charge in [0.25, 0.3) is 0 Å². The van der Waals surface area contributed by atoms with E-state index in [-0.39, 0.29) is 11.3 Å². The summed E-state index contributed by atoms with van der Waals surface area (Å²) in [6, 6.07) is 21.7. The lowest BCUT2D eigenvalue weighted by Crippen LogP contribution is -2.36. The normalized spacial score (nSPS) is 14.8. The number of halogens is 3. The van der Waals surface area contributed by atoms with Crippen molar-refractivity contribution in [2.45, 2.75) is 32.5 Å². The quantitative estimate of drug-likeness (QED) is 0.210. The SMILES string of the molecule is CC(C)c1ccccc1N1CCCS/C1=N\C(=O)N/C=C(\C#N)c1ccc(-c2ncn(-c3ccc(OC(F)(F)F)cc3)n2)cc1. The number of rotatable bonds is 7. The molecule has 0 spiro atoms. The van der Waals surface area contributed by atoms with Crippen LogP contribution in [0.25, 0.3) is 22.6 Å². The van der Waals surface area contributed by atoms with E-state index in [1.807, 2.05) is 18.2 Å². The summed E-state index contributed by atoms with van der Waals surface area (Å²) >= 11 is 1.52. The summed E-state index contributed by atoms with van der Waals surface area (Å²) in [4.78, 5) is 23.5. The lowest BCUT2D eigenvalue weighted by molar-refractivity contribution is -0.274. The van der Waals surface area contributed by atoms with Gasteiger partial charge in [-0.1, -0.05) is 68.1 Å². The van der Waals surface area contributed by atoms with Crippen LogP contribution in [0.3, 0.4) is 0 Å². The Bertz CT molecular complexity index is 1760. The number of aliphatic imine (C=N–C) groups is 1. The van der Waals surface area contributed by atoms with Crippen LogP contribution in [0, 0.1) is 11.3 Å². The smallest absolute Gasteiger partial charge is 0.406 e. The van der Waals surface area contributed by atoms with Gasteiger partial charge >= 0.3 is 12.4 Å². The van der Waals surface area contributed by atoms with E-state index >= 15 is 0 Å². The minimum atomic E-state index is -4.77. The Labute approximate surface area is 262 Å². The van der Waals surface area contributed by atoms with Gasteiger partial charge in [-0.05, 0) is 53.8 Å². The van der Waals surface area contributed by atoms with Crippen LogP contribution in [-0.4, -0.2) is 44.6 Å². The lowest BCUT2D eigenvalue weighted by atomic mass is 10.0. The highest BCUT2D eigenvalue weighted by molar-refractivity contribution is 8.14. The first-order chi connectivity index (χ1) is 21.6. The Balaban J connectivity index is 1.26. The summed E-state index contributed by atoms with van der Waals surface area (Å²) in [6.45, 7) is 5.02. The molecule has 9 nitrogen and oxygen atoms in total. The molecule has 13 heteroatoms. The maximum Gasteiger partial charge on any atom is 0.573 e. The number of anilines is 1. The number of amides is 2. The fourth-order valence-electron chi connectivity index (χ4n) is 4.65. The number of nitrogens with zero attached hydrogens (tertiary/aromatic N) is 6. The number of hydrogen-bond donors (Lipinski definition) is 1. The first-order valence-electron chi connectivity index (χ1n) is 14.0. The predicted molar refractivity (Wildman–Crippen MR) is 168 cm³/mol. The zero-order valence-electron chi connectivity index (χ0n) is 24.3. The molecule has 1 saturated heterocycles. The van der Waals surface area contributed by atoms with Gasteiger partial charge < -0.3 is 15.0 Å². The summed E-state index contributed by atoms with van der Waals surface area (Å²) in [5.41, 5.74) is 4.15. The topological polar surface area (TPSA) is 108 Å². The third-order valence-electron chi connectivity index (χ3n) is 6.78. The zero-order valence-corrected chi connectivity index (χ0v) is 25.1. The summed E-state index contributed by atoms with van der Waals surface area (Å²) in [7, 11) is 0. The molecule has 0 radical (unpaired) electrons. The van der Waals surface area contributed by atoms with Gasteiger partial charge in [0.15, 0.2) is 11.0 Å². The summed E-state index contributed by atoms with van der Waals surface area (Å²) in [5.74, 6) is 1.20. The third-order valence-corrected chi connectivity index (χ3v) is 7.84. The van der Waals surface area contributed by atoms with Gasteiger partial charge in [0, 0.05) is 29.7 Å². The molecule has 45 heavy (non-hydrogen) atoms. The van der Waals surface area contributed by atoms with Gasteiger partial charge in [0.05, 0.1) is 11.3 Å². The van der Waals surface area contributed by atoms with Crippen LogP contribution in [0.2, 0.25) is 0 Å². The fraction of sp³-hybridized carbons (Fsp3) is 0.219. The van der Waals surface area contributed by atoms with E-state index in [4.69, 9.17) is 0 Å². The van der Waals surface area contributed by atoms with Gasteiger partial charge in [0.2, 0.25) is 0 Å². The molecule has 0 aliphatic carbocycles. The molecule has 0 atom stereocenters. The van der Waals surface area contributed by atoms with Crippen LogP contribution in [0.5, 0.6) is 5.75 Å². The van der Waals surface area contributed by atoms with E-state index in [2.05, 4.69) is 56.0 Å². The zero-order chi connectivity index (χ0) is 32.0. The Kier molecular flexibility index (Phi) is 9.53. The van der Waals surface area contributed by atoms with Crippen LogP contribution >= 0.6 is 11.8 Å². The van der Waals surface area contributed by atoms with Gasteiger partial charge in [0.1, 0.15) is 18.1 Å². The second-order valence-corrected chi connectivity index (χ2v) is 11.3. The second-order valence-electron chi connectivity index (χ2n) is 10.2. The van der Waals surface area contributed by atoms with E-state index < -0.39 is 12.4 Å². The Morgan fingerprint density at radius 2 is 1.84 bits per heavy atom. The molecule has 0 bridgehead atoms. The molecule has 0 saturated carbocycles. The number of carbonyl (C=O) groups excluding carboxylic acids is 1. The Morgan fingerprint density at radius 3 is 2.53 bits per heavy atom. The number of aromatic nitrogens is 3. The van der Waals surface area contributed by atoms with E-state index in [1.54, 1.807) is 24.3 Å². The molecule has 0 unspecified atom stereocenters. The van der Waals surface area contributed by atoms with Crippen molar-refractivity contribution in [2.75, 3.05) is 17.2 Å². The average Bonchev–Trinajstić information content (AvgIpc) is 3.52. The number of carbonyl (C=O) groups is 1. The number of allylic oxidation sites excluding steroid dienone is 1. The van der Waals surface area contributed by atoms with Crippen LogP contribution in [-0.2, 0) is 0 Å². The molecule has 1 aliphatic rings. The molecular weight excluding hydrogens is 603 g/mol. The monoisotopic (exact) mass is 631 g/mol. The van der Waals surface area contributed by atoms with E-state index in [1.165, 1.54) is 58.8 Å². The lowest BCUT2D eigenvalue weighted by Gasteiger charge is -2.31. The summed E-state index contributed by atoms with van der Waals surface area (Å²) < 4.78 is 42.6. The number of thioether (sulfide) groups is 1. The van der Waals surface area contributed by atoms with Crippen molar-refractivity contribution in [2.24, 2.45) is 4.99 Å². The third kappa shape index (κ3) is 7.90. The van der Waals surface area contributed by atoms with Crippen molar-refractivity contribution in [1.29, 1.82) is 5.26 Å². The molecule has 4 aromatic rings. The number of urea groups is 1. The first-order valence-corrected chi connectivity index (χ1v) is 15.0. The standard InChI is InChI=1S/C32H28F3N7O2S/c1-21(2)27-6-3-4-7-28(27)41-16-5-17-45-31(41)39-30(43)37-19-24(18-36)22-8-10-23(11-9-22)29-38-20-42(40-29)25-12-14-26(15-13-25)44-32(33,34)35/h3-4,6-15,19-21H,5,16-17H2,1-2H3,(H,37,43)/b24-19+,39-31-. The number of nitrogens with one attached hydrogen (secondary N) is 1. The number of amidine groups is 1. The highest BCUT2D eigenvalue weighted by atomic mass is 32.2. The number of benzene rings is 3. The van der Waals surface area contributed by atoms with Crippen molar-refractivity contribution < 1.29 is 22.7 Å². The van der Waals surface area contributed by atoms with Crippen molar-refractivity contribution in [3.63, 3.8) is 0 Å². The average molecular weight is 632 g/mol. The van der Waals surface area contributed by atoms with Crippen molar-refractivity contribution in [3.8, 4) is 28.9 Å². The highest BCUT2D eigenvalue weighted by Crippen LogP contribution is 2.32. The Hall–Kier alpha value is -5.09. The maximum atomic E-state index is 12.8. The van der Waals surface area contributed by atoms with Crippen LogP contribution in [0.4, 0.5) is 23.7 Å². The van der Waals surface area contributed by atoms with Crippen molar-refractivity contribution in [3.05, 3.63) is 96.5 Å². The van der Waals surface area contributed by atoms with Crippen LogP contribution < -0.4 is 15.0 Å². The number of nitriles is 1. The van der Waals surface area contributed by atoms with E-state index in [9.17, 15) is 23.2 Å². The number of para-hydroxylation sites is 1. The minimum Gasteiger partial charge on any atom is -0.406 e. The van der Waals surface area contributed by atoms with E-state index in [0.717, 1.165) is 24.4 Å². The molecule has 1 aliphatic heterocycles. The molecular formula is C32H28F3N7O2S. The van der Waals surface area contributed by atoms with Crippen LogP contribution in [0.15, 0.2) is 90.3 Å². The van der Waals surface area contributed by atoms with Gasteiger partial charge in [-0.15, -0.1) is 18.3 Å². The second kappa shape index (κ2) is 13.7. The molecule has 1 aromatic heterocycles. The number of alkyl halides is 3. The van der Waals surface area contributed by atoms with Crippen LogP contribution in [0.1, 0.15) is 37.3 Å². The van der Waals surface area contributed by atoms with Gasteiger partial charge in [-0.3, -0.25) is 0 Å². The van der Waals surface area contributed by atoms with Gasteiger partial charge in [-0.25, -0.2) is 14.5 Å². The van der Waals surface area contributed by atoms with Crippen molar-refractivity contribution >= 4 is 34.2 Å². The largest absolute Gasteiger partial charge is 0.573 e. The predicted octanol–water partition coefficient (Wildman–Crippen LogP) is 7.53.